The fourth-order valence-corrected chi connectivity index (χ4v) is 4.46. The minimum Gasteiger partial charge on any atom is -0.480 e. The van der Waals surface area contributed by atoms with Crippen LogP contribution in [0.25, 0.3) is 0 Å². The smallest absolute Gasteiger partial charge is 0.330 e. The Labute approximate surface area is 198 Å². The molecule has 0 aliphatic carbocycles. The van der Waals surface area contributed by atoms with Crippen molar-refractivity contribution in [3.63, 3.8) is 0 Å². The number of amidine groups is 1. The molecule has 32 heavy (non-hydrogen) atoms. The van der Waals surface area contributed by atoms with Gasteiger partial charge in [0.2, 0.25) is 0 Å². The number of nitrogens with zero attached hydrogens (tertiary/aromatic N) is 2. The number of aliphatic imine (C=N–C) groups is 1. The molecule has 172 valence electrons. The maximum atomic E-state index is 13.9. The first-order chi connectivity index (χ1) is 15.2. The first kappa shape index (κ1) is 25.9. The van der Waals surface area contributed by atoms with Crippen molar-refractivity contribution in [2.24, 2.45) is 4.99 Å². The van der Waals surface area contributed by atoms with Crippen LogP contribution in [0, 0.1) is 5.82 Å². The van der Waals surface area contributed by atoms with Gasteiger partial charge in [0.15, 0.2) is 6.04 Å². The molecule has 2 aromatic carbocycles. The van der Waals surface area contributed by atoms with Gasteiger partial charge in [0.05, 0.1) is 16.4 Å². The average Bonchev–Trinajstić information content (AvgIpc) is 3.07. The van der Waals surface area contributed by atoms with Crippen LogP contribution < -0.4 is 5.32 Å². The summed E-state index contributed by atoms with van der Waals surface area (Å²) >= 11 is 7.41. The number of halogens is 2. The second-order valence-electron chi connectivity index (χ2n) is 7.78. The van der Waals surface area contributed by atoms with Crippen LogP contribution in [0.1, 0.15) is 32.3 Å². The number of nitrogens with one attached hydrogen (secondary N) is 1. The molecule has 0 spiro atoms. The lowest BCUT2D eigenvalue weighted by atomic mass is 9.97. The van der Waals surface area contributed by atoms with Gasteiger partial charge in [-0.25, -0.2) is 13.5 Å². The first-order valence-corrected chi connectivity index (χ1v) is 11.4. The molecule has 2 N–H and O–H groups in total. The standard InChI is InChI=1S/C22H25ClFN3O2S.C2H4/c1-22(2)20(21(28)29)25-19(26-22)9-6-12-27(30-16-7-4-3-5-8-16)14-15-10-11-17(23)18(24)13-15;1-2/h3-5,7-8,10-11,13,20H,6,9,12,14H2,1-2H3,(H,25,26)(H,28,29);1-2H2/t20-;/m0./s1. The van der Waals surface area contributed by atoms with Crippen molar-refractivity contribution < 1.29 is 14.3 Å². The van der Waals surface area contributed by atoms with E-state index in [0.29, 0.717) is 13.0 Å². The van der Waals surface area contributed by atoms with Gasteiger partial charge in [0, 0.05) is 24.4 Å². The van der Waals surface area contributed by atoms with Crippen molar-refractivity contribution in [1.29, 1.82) is 0 Å². The first-order valence-electron chi connectivity index (χ1n) is 10.2. The van der Waals surface area contributed by atoms with Crippen LogP contribution in [0.2, 0.25) is 5.02 Å². The summed E-state index contributed by atoms with van der Waals surface area (Å²) in [5, 5.41) is 12.7. The zero-order valence-corrected chi connectivity index (χ0v) is 19.9. The van der Waals surface area contributed by atoms with Gasteiger partial charge in [0.25, 0.3) is 0 Å². The van der Waals surface area contributed by atoms with Gasteiger partial charge in [0.1, 0.15) is 5.82 Å². The SMILES string of the molecule is C=C.CC1(C)NC(CCCN(Cc2ccc(Cl)c(F)c2)Sc2ccccc2)=N[C@H]1C(=O)O. The maximum Gasteiger partial charge on any atom is 0.330 e. The highest BCUT2D eigenvalue weighted by Crippen LogP contribution is 2.27. The Morgan fingerprint density at radius 3 is 2.56 bits per heavy atom. The van der Waals surface area contributed by atoms with Gasteiger partial charge >= 0.3 is 5.97 Å². The predicted molar refractivity (Wildman–Crippen MR) is 131 cm³/mol. The zero-order valence-electron chi connectivity index (χ0n) is 18.4. The number of carboxylic acids is 1. The normalized spacial score (nSPS) is 16.7. The van der Waals surface area contributed by atoms with Crippen LogP contribution in [0.3, 0.4) is 0 Å². The third-order valence-electron chi connectivity index (χ3n) is 4.81. The Morgan fingerprint density at radius 2 is 1.97 bits per heavy atom. The Morgan fingerprint density at radius 1 is 1.28 bits per heavy atom. The largest absolute Gasteiger partial charge is 0.480 e. The van der Waals surface area contributed by atoms with E-state index in [0.717, 1.165) is 29.3 Å². The average molecular weight is 478 g/mol. The van der Waals surface area contributed by atoms with Crippen molar-refractivity contribution >= 4 is 35.4 Å². The second-order valence-corrected chi connectivity index (χ2v) is 9.36. The molecule has 0 fully saturated rings. The monoisotopic (exact) mass is 477 g/mol. The number of hydrogen-bond donors (Lipinski definition) is 2. The van der Waals surface area contributed by atoms with Gasteiger partial charge in [-0.1, -0.05) is 35.9 Å². The number of aliphatic carboxylic acids is 1. The highest BCUT2D eigenvalue weighted by Gasteiger charge is 2.40. The molecule has 0 aromatic heterocycles. The maximum absolute atomic E-state index is 13.9. The lowest BCUT2D eigenvalue weighted by Crippen LogP contribution is -2.47. The molecule has 1 atom stereocenters. The summed E-state index contributed by atoms with van der Waals surface area (Å²) in [5.74, 6) is -0.631. The quantitative estimate of drug-likeness (QED) is 0.352. The van der Waals surface area contributed by atoms with Gasteiger partial charge in [-0.15, -0.1) is 13.2 Å². The summed E-state index contributed by atoms with van der Waals surface area (Å²) in [6.45, 7) is 11.0. The third-order valence-corrected chi connectivity index (χ3v) is 6.17. The summed E-state index contributed by atoms with van der Waals surface area (Å²) < 4.78 is 16.0. The Balaban J connectivity index is 0.00000176. The van der Waals surface area contributed by atoms with Gasteiger partial charge < -0.3 is 10.4 Å². The van der Waals surface area contributed by atoms with Crippen LogP contribution in [0.5, 0.6) is 0 Å². The molecule has 0 radical (unpaired) electrons. The van der Waals surface area contributed by atoms with E-state index in [9.17, 15) is 14.3 Å². The summed E-state index contributed by atoms with van der Waals surface area (Å²) in [6, 6.07) is 14.1. The van der Waals surface area contributed by atoms with Crippen LogP contribution in [0.4, 0.5) is 4.39 Å². The topological polar surface area (TPSA) is 64.9 Å². The number of benzene rings is 2. The van der Waals surface area contributed by atoms with Crippen LogP contribution in [-0.2, 0) is 11.3 Å². The van der Waals surface area contributed by atoms with Crippen molar-refractivity contribution in [2.75, 3.05) is 6.54 Å². The van der Waals surface area contributed by atoms with E-state index in [-0.39, 0.29) is 5.02 Å². The molecule has 0 unspecified atom stereocenters. The summed E-state index contributed by atoms with van der Waals surface area (Å²) in [6.07, 6.45) is 1.43. The Bertz CT molecular complexity index is 940. The minimum absolute atomic E-state index is 0.113. The molecule has 5 nitrogen and oxygen atoms in total. The van der Waals surface area contributed by atoms with Crippen LogP contribution >= 0.6 is 23.5 Å². The van der Waals surface area contributed by atoms with Gasteiger partial charge in [-0.05, 0) is 62.0 Å². The number of carboxylic acid groups (broad SMARTS) is 1. The molecular formula is C24H29ClFN3O2S. The van der Waals surface area contributed by atoms with Crippen molar-refractivity contribution in [2.45, 2.75) is 49.7 Å². The predicted octanol–water partition coefficient (Wildman–Crippen LogP) is 5.80. The van der Waals surface area contributed by atoms with E-state index in [4.69, 9.17) is 11.6 Å². The number of hydrogen-bond acceptors (Lipinski definition) is 5. The molecule has 0 bridgehead atoms. The van der Waals surface area contributed by atoms with E-state index in [1.165, 1.54) is 6.07 Å². The van der Waals surface area contributed by atoms with Crippen molar-refractivity contribution in [3.8, 4) is 0 Å². The van der Waals surface area contributed by atoms with E-state index in [1.54, 1.807) is 18.0 Å². The number of rotatable bonds is 9. The number of carbonyl (C=O) groups is 1. The Hall–Kier alpha value is -2.35. The second kappa shape index (κ2) is 12.0. The lowest BCUT2D eigenvalue weighted by molar-refractivity contribution is -0.139. The highest BCUT2D eigenvalue weighted by molar-refractivity contribution is 7.97. The Kier molecular flexibility index (Phi) is 9.75. The fraction of sp³-hybridized carbons (Fsp3) is 0.333. The molecule has 1 aliphatic rings. The van der Waals surface area contributed by atoms with Crippen molar-refractivity contribution in [1.82, 2.24) is 9.62 Å². The molecule has 0 saturated carbocycles. The summed E-state index contributed by atoms with van der Waals surface area (Å²) in [4.78, 5) is 16.8. The van der Waals surface area contributed by atoms with Crippen LogP contribution in [0.15, 0.2) is 71.6 Å². The minimum atomic E-state index is -0.923. The molecule has 0 saturated heterocycles. The zero-order chi connectivity index (χ0) is 23.7. The highest BCUT2D eigenvalue weighted by atomic mass is 35.5. The van der Waals surface area contributed by atoms with E-state index < -0.39 is 23.4 Å². The van der Waals surface area contributed by atoms with Gasteiger partial charge in [-0.2, -0.15) is 0 Å². The van der Waals surface area contributed by atoms with Crippen molar-refractivity contribution in [3.05, 3.63) is 78.1 Å². The summed E-state index contributed by atoms with van der Waals surface area (Å²) in [7, 11) is 0. The fourth-order valence-electron chi connectivity index (χ4n) is 3.33. The molecule has 1 heterocycles. The lowest BCUT2D eigenvalue weighted by Gasteiger charge is -2.24. The van der Waals surface area contributed by atoms with Gasteiger partial charge in [-0.3, -0.25) is 4.99 Å². The van der Waals surface area contributed by atoms with E-state index in [2.05, 4.69) is 27.8 Å². The summed E-state index contributed by atoms with van der Waals surface area (Å²) in [5.41, 5.74) is 0.240. The van der Waals surface area contributed by atoms with Crippen LogP contribution in [-0.4, -0.2) is 39.3 Å². The third kappa shape index (κ3) is 7.36. The molecule has 0 amide bonds. The van der Waals surface area contributed by atoms with E-state index >= 15 is 0 Å². The molecule has 1 aliphatic heterocycles. The molecule has 8 heteroatoms. The van der Waals surface area contributed by atoms with E-state index in [1.807, 2.05) is 50.2 Å². The molecular weight excluding hydrogens is 449 g/mol. The molecule has 2 aromatic rings. The molecule has 3 rings (SSSR count).